The second-order valence-electron chi connectivity index (χ2n) is 4.93. The van der Waals surface area contributed by atoms with Gasteiger partial charge in [0.05, 0.1) is 12.5 Å². The van der Waals surface area contributed by atoms with E-state index in [0.29, 0.717) is 18.0 Å². The van der Waals surface area contributed by atoms with E-state index in [2.05, 4.69) is 10.6 Å². The number of nitrogens with one attached hydrogen (secondary N) is 2. The number of nitrogens with two attached hydrogens (primary N) is 1. The summed E-state index contributed by atoms with van der Waals surface area (Å²) >= 11 is 5.83. The highest BCUT2D eigenvalue weighted by atomic mass is 35.5. The van der Waals surface area contributed by atoms with Gasteiger partial charge in [0.25, 0.3) is 0 Å². The van der Waals surface area contributed by atoms with E-state index in [1.807, 2.05) is 0 Å². The molecule has 0 saturated heterocycles. The van der Waals surface area contributed by atoms with E-state index in [-0.39, 0.29) is 24.7 Å². The van der Waals surface area contributed by atoms with Gasteiger partial charge in [-0.05, 0) is 24.1 Å². The number of benzene rings is 1. The van der Waals surface area contributed by atoms with Gasteiger partial charge < -0.3 is 16.4 Å². The summed E-state index contributed by atoms with van der Waals surface area (Å²) in [6, 6.07) is 6.52. The van der Waals surface area contributed by atoms with Gasteiger partial charge in [-0.3, -0.25) is 14.4 Å². The fraction of sp³-hybridized carbons (Fsp3) is 0.400. The molecule has 0 radical (unpaired) electrons. The highest BCUT2D eigenvalue weighted by molar-refractivity contribution is 6.30. The number of primary amides is 1. The Balaban J connectivity index is 2.57. The smallest absolute Gasteiger partial charge is 0.222 e. The fourth-order valence-electron chi connectivity index (χ4n) is 1.94. The Morgan fingerprint density at radius 3 is 2.41 bits per heavy atom. The van der Waals surface area contributed by atoms with Gasteiger partial charge in [-0.15, -0.1) is 0 Å². The minimum absolute atomic E-state index is 0.109. The van der Waals surface area contributed by atoms with E-state index < -0.39 is 11.9 Å². The zero-order valence-corrected chi connectivity index (χ0v) is 13.2. The molecule has 22 heavy (non-hydrogen) atoms. The summed E-state index contributed by atoms with van der Waals surface area (Å²) < 4.78 is 0. The predicted molar refractivity (Wildman–Crippen MR) is 84.1 cm³/mol. The summed E-state index contributed by atoms with van der Waals surface area (Å²) in [6.07, 6.45) is 0.831. The third-order valence-corrected chi connectivity index (χ3v) is 3.21. The van der Waals surface area contributed by atoms with Gasteiger partial charge in [-0.1, -0.05) is 23.7 Å². The molecule has 0 fully saturated rings. The number of carbonyl (C=O) groups is 3. The molecule has 0 aliphatic heterocycles. The Kier molecular flexibility index (Phi) is 7.39. The van der Waals surface area contributed by atoms with Crippen LogP contribution in [-0.4, -0.2) is 24.3 Å². The number of hydrogen-bond acceptors (Lipinski definition) is 3. The molecule has 0 spiro atoms. The largest absolute Gasteiger partial charge is 0.370 e. The maximum absolute atomic E-state index is 11.9. The van der Waals surface area contributed by atoms with E-state index in [1.165, 1.54) is 6.92 Å². The van der Waals surface area contributed by atoms with Gasteiger partial charge in [0.15, 0.2) is 0 Å². The van der Waals surface area contributed by atoms with Crippen LogP contribution in [-0.2, 0) is 14.4 Å². The summed E-state index contributed by atoms with van der Waals surface area (Å²) in [5.41, 5.74) is 5.82. The Hall–Kier alpha value is -2.08. The van der Waals surface area contributed by atoms with Crippen LogP contribution in [0.4, 0.5) is 0 Å². The molecule has 1 aromatic carbocycles. The number of halogens is 1. The van der Waals surface area contributed by atoms with E-state index in [9.17, 15) is 14.4 Å². The molecule has 0 unspecified atom stereocenters. The van der Waals surface area contributed by atoms with Crippen molar-refractivity contribution in [2.45, 2.75) is 32.2 Å². The number of hydrogen-bond donors (Lipinski definition) is 3. The lowest BCUT2D eigenvalue weighted by atomic mass is 10.0. The average molecular weight is 326 g/mol. The second-order valence-corrected chi connectivity index (χ2v) is 5.37. The first-order valence-corrected chi connectivity index (χ1v) is 7.34. The fourth-order valence-corrected chi connectivity index (χ4v) is 2.07. The van der Waals surface area contributed by atoms with Gasteiger partial charge in [-0.2, -0.15) is 0 Å². The first kappa shape index (κ1) is 18.0. The van der Waals surface area contributed by atoms with Crippen LogP contribution < -0.4 is 16.4 Å². The zero-order valence-electron chi connectivity index (χ0n) is 12.4. The maximum atomic E-state index is 11.9. The van der Waals surface area contributed by atoms with Crippen molar-refractivity contribution in [1.82, 2.24) is 10.6 Å². The summed E-state index contributed by atoms with van der Waals surface area (Å²) in [5, 5.41) is 6.02. The molecule has 0 aliphatic rings. The van der Waals surface area contributed by atoms with Crippen molar-refractivity contribution in [3.05, 3.63) is 34.9 Å². The summed E-state index contributed by atoms with van der Waals surface area (Å²) in [4.78, 5) is 33.8. The van der Waals surface area contributed by atoms with Crippen LogP contribution in [0, 0.1) is 0 Å². The van der Waals surface area contributed by atoms with Crippen LogP contribution in [0.1, 0.15) is 37.8 Å². The van der Waals surface area contributed by atoms with Crippen LogP contribution in [0.5, 0.6) is 0 Å². The number of carbonyl (C=O) groups excluding carboxylic acids is 3. The Morgan fingerprint density at radius 1 is 1.23 bits per heavy atom. The Morgan fingerprint density at radius 2 is 1.86 bits per heavy atom. The van der Waals surface area contributed by atoms with E-state index in [0.717, 1.165) is 5.56 Å². The van der Waals surface area contributed by atoms with Crippen LogP contribution in [0.3, 0.4) is 0 Å². The van der Waals surface area contributed by atoms with Gasteiger partial charge in [0.2, 0.25) is 17.7 Å². The normalized spacial score (nSPS) is 11.5. The molecule has 4 N–H and O–H groups in total. The average Bonchev–Trinajstić information content (AvgIpc) is 2.43. The van der Waals surface area contributed by atoms with Crippen molar-refractivity contribution in [2.75, 3.05) is 6.54 Å². The van der Waals surface area contributed by atoms with Gasteiger partial charge >= 0.3 is 0 Å². The minimum atomic E-state index is -0.425. The van der Waals surface area contributed by atoms with Crippen molar-refractivity contribution in [1.29, 1.82) is 0 Å². The van der Waals surface area contributed by atoms with E-state index in [1.54, 1.807) is 24.3 Å². The lowest BCUT2D eigenvalue weighted by molar-refractivity contribution is -0.123. The third-order valence-electron chi connectivity index (χ3n) is 2.96. The molecule has 0 saturated carbocycles. The topological polar surface area (TPSA) is 101 Å². The van der Waals surface area contributed by atoms with Crippen LogP contribution in [0.15, 0.2) is 24.3 Å². The monoisotopic (exact) mass is 325 g/mol. The van der Waals surface area contributed by atoms with Crippen molar-refractivity contribution in [3.8, 4) is 0 Å². The van der Waals surface area contributed by atoms with Gasteiger partial charge in [0.1, 0.15) is 0 Å². The molecule has 0 bridgehead atoms. The van der Waals surface area contributed by atoms with Crippen molar-refractivity contribution in [2.24, 2.45) is 5.73 Å². The Bertz CT molecular complexity index is 531. The lowest BCUT2D eigenvalue weighted by Gasteiger charge is -2.18. The number of rotatable bonds is 8. The molecule has 0 aromatic heterocycles. The summed E-state index contributed by atoms with van der Waals surface area (Å²) in [5.74, 6) is -0.828. The molecule has 7 heteroatoms. The molecule has 6 nitrogen and oxygen atoms in total. The molecule has 3 amide bonds. The molecular formula is C15H20ClN3O3. The Labute approximate surface area is 134 Å². The summed E-state index contributed by atoms with van der Waals surface area (Å²) in [6.45, 7) is 1.77. The van der Waals surface area contributed by atoms with Gasteiger partial charge in [0, 0.05) is 24.9 Å². The predicted octanol–water partition coefficient (Wildman–Crippen LogP) is 1.29. The minimum Gasteiger partial charge on any atom is -0.370 e. The van der Waals surface area contributed by atoms with Gasteiger partial charge in [-0.25, -0.2) is 0 Å². The van der Waals surface area contributed by atoms with Crippen molar-refractivity contribution < 1.29 is 14.4 Å². The molecule has 1 aromatic rings. The SMILES string of the molecule is CC(=O)N[C@H](CC(=O)NCCCC(N)=O)c1ccc(Cl)cc1. The third kappa shape index (κ3) is 7.08. The first-order chi connectivity index (χ1) is 10.4. The van der Waals surface area contributed by atoms with E-state index >= 15 is 0 Å². The molecule has 0 heterocycles. The van der Waals surface area contributed by atoms with E-state index in [4.69, 9.17) is 17.3 Å². The van der Waals surface area contributed by atoms with Crippen LogP contribution in [0.25, 0.3) is 0 Å². The highest BCUT2D eigenvalue weighted by Gasteiger charge is 2.16. The molecule has 120 valence electrons. The van der Waals surface area contributed by atoms with Crippen molar-refractivity contribution >= 4 is 29.3 Å². The zero-order chi connectivity index (χ0) is 16.5. The lowest BCUT2D eigenvalue weighted by Crippen LogP contribution is -2.33. The second kappa shape index (κ2) is 9.04. The molecular weight excluding hydrogens is 306 g/mol. The molecule has 0 aliphatic carbocycles. The van der Waals surface area contributed by atoms with Crippen LogP contribution >= 0.6 is 11.6 Å². The van der Waals surface area contributed by atoms with Crippen molar-refractivity contribution in [3.63, 3.8) is 0 Å². The first-order valence-electron chi connectivity index (χ1n) is 6.96. The maximum Gasteiger partial charge on any atom is 0.222 e. The summed E-state index contributed by atoms with van der Waals surface area (Å²) in [7, 11) is 0. The number of amides is 3. The molecule has 1 atom stereocenters. The highest BCUT2D eigenvalue weighted by Crippen LogP contribution is 2.19. The quantitative estimate of drug-likeness (QED) is 0.628. The van der Waals surface area contributed by atoms with Crippen LogP contribution in [0.2, 0.25) is 5.02 Å². The standard InChI is InChI=1S/C15H20ClN3O3/c1-10(20)19-13(11-4-6-12(16)7-5-11)9-15(22)18-8-2-3-14(17)21/h4-7,13H,2-3,8-9H2,1H3,(H2,17,21)(H,18,22)(H,19,20)/t13-/m1/s1. The molecule has 1 rings (SSSR count).